The van der Waals surface area contributed by atoms with Gasteiger partial charge < -0.3 is 15.1 Å². The molecule has 1 aliphatic heterocycles. The average Bonchev–Trinajstić information content (AvgIpc) is 2.93. The van der Waals surface area contributed by atoms with E-state index in [4.69, 9.17) is 0 Å². The van der Waals surface area contributed by atoms with E-state index in [0.29, 0.717) is 11.1 Å². The van der Waals surface area contributed by atoms with E-state index >= 15 is 0 Å². The number of aliphatic hydroxyl groups excluding tert-OH is 2. The van der Waals surface area contributed by atoms with Crippen LogP contribution < -0.4 is 0 Å². The first-order chi connectivity index (χ1) is 13.4. The van der Waals surface area contributed by atoms with Gasteiger partial charge in [0.2, 0.25) is 0 Å². The van der Waals surface area contributed by atoms with Crippen molar-refractivity contribution < 1.29 is 19.8 Å². The Kier molecular flexibility index (Phi) is 6.11. The van der Waals surface area contributed by atoms with E-state index in [2.05, 4.69) is 0 Å². The van der Waals surface area contributed by atoms with Crippen molar-refractivity contribution in [1.82, 2.24) is 9.80 Å². The Morgan fingerprint density at radius 3 is 1.75 bits per heavy atom. The summed E-state index contributed by atoms with van der Waals surface area (Å²) in [6.45, 7) is 3.65. The summed E-state index contributed by atoms with van der Waals surface area (Å²) >= 11 is 0. The molecule has 0 spiro atoms. The van der Waals surface area contributed by atoms with Crippen LogP contribution in [0.25, 0.3) is 0 Å². The highest BCUT2D eigenvalue weighted by molar-refractivity contribution is 6.04. The Balaban J connectivity index is 1.78. The van der Waals surface area contributed by atoms with Crippen molar-refractivity contribution in [2.75, 3.05) is 13.1 Å². The predicted molar refractivity (Wildman–Crippen MR) is 105 cm³/mol. The monoisotopic (exact) mass is 382 g/mol. The van der Waals surface area contributed by atoms with Crippen LogP contribution in [-0.2, 0) is 4.79 Å². The largest absolute Gasteiger partial charge is 0.387 e. The molecule has 0 aliphatic carbocycles. The van der Waals surface area contributed by atoms with Crippen LogP contribution in [0.5, 0.6) is 0 Å². The number of benzene rings is 2. The van der Waals surface area contributed by atoms with Gasteiger partial charge in [0.15, 0.2) is 0 Å². The zero-order valence-electron chi connectivity index (χ0n) is 16.1. The number of imide groups is 1. The molecule has 0 saturated carbocycles. The van der Waals surface area contributed by atoms with Gasteiger partial charge in [-0.15, -0.1) is 0 Å². The van der Waals surface area contributed by atoms with Crippen molar-refractivity contribution in [3.63, 3.8) is 0 Å². The highest BCUT2D eigenvalue weighted by Gasteiger charge is 2.47. The van der Waals surface area contributed by atoms with Crippen molar-refractivity contribution in [3.05, 3.63) is 71.8 Å². The molecule has 148 valence electrons. The maximum Gasteiger partial charge on any atom is 0.327 e. The van der Waals surface area contributed by atoms with E-state index in [0.717, 1.165) is 4.90 Å². The third kappa shape index (κ3) is 4.08. The number of urea groups is 1. The molecule has 0 bridgehead atoms. The minimum absolute atomic E-state index is 0.0232. The molecular formula is C22H26N2O4. The molecule has 3 amide bonds. The third-order valence-corrected chi connectivity index (χ3v) is 5.06. The second-order valence-corrected chi connectivity index (χ2v) is 7.43. The normalized spacial score (nSPS) is 19.4. The Morgan fingerprint density at radius 1 is 0.821 bits per heavy atom. The van der Waals surface area contributed by atoms with Crippen molar-refractivity contribution >= 4 is 11.9 Å². The van der Waals surface area contributed by atoms with Gasteiger partial charge in [0.25, 0.3) is 5.91 Å². The van der Waals surface area contributed by atoms with Gasteiger partial charge in [-0.1, -0.05) is 74.5 Å². The molecule has 6 heteroatoms. The number of aliphatic hydroxyl groups is 2. The lowest BCUT2D eigenvalue weighted by molar-refractivity contribution is -0.130. The maximum absolute atomic E-state index is 13.0. The van der Waals surface area contributed by atoms with Crippen LogP contribution in [0.15, 0.2) is 60.7 Å². The molecule has 3 rings (SSSR count). The highest BCUT2D eigenvalue weighted by Crippen LogP contribution is 2.28. The number of rotatable bonds is 7. The lowest BCUT2D eigenvalue weighted by Crippen LogP contribution is -2.41. The van der Waals surface area contributed by atoms with E-state index in [-0.39, 0.29) is 24.9 Å². The Labute approximate surface area is 165 Å². The summed E-state index contributed by atoms with van der Waals surface area (Å²) in [6, 6.07) is 16.9. The molecule has 1 aliphatic rings. The lowest BCUT2D eigenvalue weighted by Gasteiger charge is -2.27. The van der Waals surface area contributed by atoms with Crippen molar-refractivity contribution in [3.8, 4) is 0 Å². The summed E-state index contributed by atoms with van der Waals surface area (Å²) < 4.78 is 0. The quantitative estimate of drug-likeness (QED) is 0.722. The number of hydrogen-bond donors (Lipinski definition) is 2. The molecule has 2 aromatic carbocycles. The first-order valence-electron chi connectivity index (χ1n) is 9.48. The van der Waals surface area contributed by atoms with Crippen molar-refractivity contribution in [1.29, 1.82) is 0 Å². The summed E-state index contributed by atoms with van der Waals surface area (Å²) in [7, 11) is 0. The summed E-state index contributed by atoms with van der Waals surface area (Å²) in [5, 5.41) is 21.0. The van der Waals surface area contributed by atoms with Crippen LogP contribution in [0, 0.1) is 5.92 Å². The first kappa shape index (κ1) is 20.0. The highest BCUT2D eigenvalue weighted by atomic mass is 16.3. The number of hydrogen-bond acceptors (Lipinski definition) is 4. The van der Waals surface area contributed by atoms with Crippen LogP contribution in [-0.4, -0.2) is 51.1 Å². The zero-order chi connectivity index (χ0) is 20.3. The van der Waals surface area contributed by atoms with E-state index in [1.165, 1.54) is 4.90 Å². The molecular weight excluding hydrogens is 356 g/mol. The van der Waals surface area contributed by atoms with E-state index < -0.39 is 24.3 Å². The maximum atomic E-state index is 13.0. The summed E-state index contributed by atoms with van der Waals surface area (Å²) in [5.74, 6) is -0.450. The van der Waals surface area contributed by atoms with Gasteiger partial charge in [-0.2, -0.15) is 0 Å². The first-order valence-corrected chi connectivity index (χ1v) is 9.48. The molecule has 3 atom stereocenters. The molecule has 1 fully saturated rings. The second kappa shape index (κ2) is 8.54. The standard InChI is InChI=1S/C22H26N2O4/c1-15(2)20-21(27)24(14-19(26)17-11-7-4-8-12-17)22(28)23(20)13-18(25)16-9-5-3-6-10-16/h3-12,15,18-20,25-26H,13-14H2,1-2H3. The van der Waals surface area contributed by atoms with E-state index in [1.54, 1.807) is 36.4 Å². The van der Waals surface area contributed by atoms with Gasteiger partial charge in [-0.25, -0.2) is 4.79 Å². The average molecular weight is 382 g/mol. The topological polar surface area (TPSA) is 81.1 Å². The number of carbonyl (C=O) groups excluding carboxylic acids is 2. The minimum atomic E-state index is -0.957. The summed E-state index contributed by atoms with van der Waals surface area (Å²) in [4.78, 5) is 28.4. The third-order valence-electron chi connectivity index (χ3n) is 5.06. The number of carbonyl (C=O) groups is 2. The Hall–Kier alpha value is -2.70. The van der Waals surface area contributed by atoms with Crippen LogP contribution in [0.4, 0.5) is 4.79 Å². The summed E-state index contributed by atoms with van der Waals surface area (Å²) in [6.07, 6.45) is -1.85. The molecule has 0 aromatic heterocycles. The van der Waals surface area contributed by atoms with Crippen molar-refractivity contribution in [2.24, 2.45) is 5.92 Å². The molecule has 1 heterocycles. The van der Waals surface area contributed by atoms with E-state index in [1.807, 2.05) is 38.1 Å². The fraction of sp³-hybridized carbons (Fsp3) is 0.364. The summed E-state index contributed by atoms with van der Waals surface area (Å²) in [5.41, 5.74) is 1.33. The number of nitrogens with zero attached hydrogens (tertiary/aromatic N) is 2. The van der Waals surface area contributed by atoms with Gasteiger partial charge in [0.1, 0.15) is 6.04 Å². The van der Waals surface area contributed by atoms with Crippen molar-refractivity contribution in [2.45, 2.75) is 32.1 Å². The van der Waals surface area contributed by atoms with Crippen LogP contribution in [0.3, 0.4) is 0 Å². The smallest absolute Gasteiger partial charge is 0.327 e. The van der Waals surface area contributed by atoms with Gasteiger partial charge in [0, 0.05) is 0 Å². The Morgan fingerprint density at radius 2 is 1.29 bits per heavy atom. The van der Waals surface area contributed by atoms with E-state index in [9.17, 15) is 19.8 Å². The van der Waals surface area contributed by atoms with Gasteiger partial charge in [0.05, 0.1) is 25.3 Å². The second-order valence-electron chi connectivity index (χ2n) is 7.43. The van der Waals surface area contributed by atoms with Gasteiger partial charge >= 0.3 is 6.03 Å². The molecule has 2 N–H and O–H groups in total. The zero-order valence-corrected chi connectivity index (χ0v) is 16.1. The molecule has 3 unspecified atom stereocenters. The molecule has 6 nitrogen and oxygen atoms in total. The van der Waals surface area contributed by atoms with Crippen LogP contribution in [0.1, 0.15) is 37.2 Å². The molecule has 0 radical (unpaired) electrons. The SMILES string of the molecule is CC(C)C1C(=O)N(CC(O)c2ccccc2)C(=O)N1CC(O)c1ccccc1. The Bertz CT molecular complexity index is 810. The minimum Gasteiger partial charge on any atom is -0.387 e. The van der Waals surface area contributed by atoms with Gasteiger partial charge in [-0.3, -0.25) is 9.69 Å². The predicted octanol–water partition coefficient (Wildman–Crippen LogP) is 2.74. The fourth-order valence-corrected chi connectivity index (χ4v) is 3.59. The lowest BCUT2D eigenvalue weighted by atomic mass is 10.0. The van der Waals surface area contributed by atoms with Crippen LogP contribution in [0.2, 0.25) is 0 Å². The molecule has 28 heavy (non-hydrogen) atoms. The number of amides is 3. The number of β-amino-alcohol motifs (C(OH)–C–C–N with tert-alkyl or cyclic N) is 2. The van der Waals surface area contributed by atoms with Gasteiger partial charge in [-0.05, 0) is 17.0 Å². The van der Waals surface area contributed by atoms with Crippen LogP contribution >= 0.6 is 0 Å². The fourth-order valence-electron chi connectivity index (χ4n) is 3.59. The molecule has 2 aromatic rings. The molecule has 1 saturated heterocycles.